The normalized spacial score (nSPS) is 15.3. The van der Waals surface area contributed by atoms with Crippen LogP contribution >= 0.6 is 0 Å². The lowest BCUT2D eigenvalue weighted by Gasteiger charge is -2.17. The fraction of sp³-hybridized carbons (Fsp3) is 0.529. The van der Waals surface area contributed by atoms with E-state index in [-0.39, 0.29) is 0 Å². The minimum absolute atomic E-state index is 0.404. The summed E-state index contributed by atoms with van der Waals surface area (Å²) in [5.74, 6) is 0.404. The van der Waals surface area contributed by atoms with Gasteiger partial charge in [0.15, 0.2) is 6.29 Å². The maximum atomic E-state index is 11.3. The summed E-state index contributed by atoms with van der Waals surface area (Å²) in [6, 6.07) is 0. The predicted octanol–water partition coefficient (Wildman–Crippen LogP) is 4.53. The number of carbonyl (C=O) groups is 1. The highest BCUT2D eigenvalue weighted by Gasteiger charge is 2.13. The first-order chi connectivity index (χ1) is 9.12. The number of allylic oxidation sites excluding steroid dienone is 5. The third-order valence-corrected chi connectivity index (χ3v) is 3.26. The van der Waals surface area contributed by atoms with Crippen LogP contribution in [0.2, 0.25) is 0 Å². The summed E-state index contributed by atoms with van der Waals surface area (Å²) in [6.07, 6.45) is 9.78. The average Bonchev–Trinajstić information content (AvgIpc) is 2.40. The molecule has 0 aromatic heterocycles. The van der Waals surface area contributed by atoms with Gasteiger partial charge in [0.05, 0.1) is 0 Å². The van der Waals surface area contributed by atoms with Crippen molar-refractivity contribution < 1.29 is 4.79 Å². The molecule has 1 atom stereocenters. The highest BCUT2D eigenvalue weighted by molar-refractivity contribution is 6.14. The summed E-state index contributed by atoms with van der Waals surface area (Å²) < 4.78 is 0. The molecule has 0 saturated heterocycles. The summed E-state index contributed by atoms with van der Waals surface area (Å²) in [7, 11) is 0. The quantitative estimate of drug-likeness (QED) is 0.259. The van der Waals surface area contributed by atoms with Crippen LogP contribution in [0.25, 0.3) is 0 Å². The Hall–Kier alpha value is -1.44. The van der Waals surface area contributed by atoms with E-state index in [0.29, 0.717) is 5.92 Å². The maximum absolute atomic E-state index is 11.3. The Morgan fingerprint density at radius 1 is 1.37 bits per heavy atom. The van der Waals surface area contributed by atoms with Crippen LogP contribution in [0.1, 0.15) is 47.0 Å². The first kappa shape index (κ1) is 17.6. The molecule has 0 aliphatic carbocycles. The van der Waals surface area contributed by atoms with Gasteiger partial charge in [-0.1, -0.05) is 44.2 Å². The molecule has 0 spiro atoms. The summed E-state index contributed by atoms with van der Waals surface area (Å²) >= 11 is 0. The van der Waals surface area contributed by atoms with Crippen molar-refractivity contribution in [2.75, 3.05) is 6.54 Å². The number of rotatable bonds is 9. The van der Waals surface area contributed by atoms with Gasteiger partial charge in [0, 0.05) is 17.8 Å². The van der Waals surface area contributed by atoms with Gasteiger partial charge in [0.1, 0.15) is 0 Å². The van der Waals surface area contributed by atoms with Crippen LogP contribution in [0.4, 0.5) is 0 Å². The van der Waals surface area contributed by atoms with Gasteiger partial charge in [0.2, 0.25) is 0 Å². The first-order valence-corrected chi connectivity index (χ1v) is 7.09. The zero-order valence-corrected chi connectivity index (χ0v) is 12.8. The number of aldehydes is 1. The average molecular weight is 261 g/mol. The van der Waals surface area contributed by atoms with Gasteiger partial charge >= 0.3 is 0 Å². The molecule has 0 aromatic carbocycles. The van der Waals surface area contributed by atoms with Gasteiger partial charge < -0.3 is 0 Å². The Kier molecular flexibility index (Phi) is 9.69. The number of nitrogens with zero attached hydrogens (tertiary/aromatic N) is 1. The SMILES string of the molecule is C=CC=CCC[C@@H](C)/C(CC)=C(C=O)\C(C)=N\CC. The van der Waals surface area contributed by atoms with Crippen LogP contribution in [0, 0.1) is 5.92 Å². The second kappa shape index (κ2) is 10.5. The topological polar surface area (TPSA) is 29.4 Å². The summed E-state index contributed by atoms with van der Waals surface area (Å²) in [5, 5.41) is 0. The molecule has 0 unspecified atom stereocenters. The Morgan fingerprint density at radius 2 is 2.05 bits per heavy atom. The molecule has 0 radical (unpaired) electrons. The van der Waals surface area contributed by atoms with Crippen molar-refractivity contribution in [1.29, 1.82) is 0 Å². The van der Waals surface area contributed by atoms with E-state index in [9.17, 15) is 4.79 Å². The lowest BCUT2D eigenvalue weighted by Crippen LogP contribution is -2.10. The van der Waals surface area contributed by atoms with Gasteiger partial charge in [-0.15, -0.1) is 0 Å². The van der Waals surface area contributed by atoms with Crippen LogP contribution in [-0.2, 0) is 4.79 Å². The summed E-state index contributed by atoms with van der Waals surface area (Å²) in [4.78, 5) is 15.7. The molecule has 2 heteroatoms. The van der Waals surface area contributed by atoms with Crippen molar-refractivity contribution in [2.45, 2.75) is 47.0 Å². The molecule has 0 bridgehead atoms. The molecule has 0 aliphatic rings. The molecule has 0 rings (SSSR count). The Morgan fingerprint density at radius 3 is 2.53 bits per heavy atom. The molecule has 0 saturated carbocycles. The van der Waals surface area contributed by atoms with Crippen molar-refractivity contribution >= 4 is 12.0 Å². The van der Waals surface area contributed by atoms with Gasteiger partial charge in [-0.25, -0.2) is 0 Å². The standard InChI is InChI=1S/C17H27NO/c1-6-9-10-11-12-14(4)16(7-2)17(13-19)15(5)18-8-3/h6,9-10,13-14H,1,7-8,11-12H2,2-5H3/b10-9?,17-16-,18-15+/t14-/m1/s1. The summed E-state index contributed by atoms with van der Waals surface area (Å²) in [6.45, 7) is 12.6. The number of carbonyl (C=O) groups excluding carboxylic acids is 1. The molecule has 0 amide bonds. The Labute approximate surface area is 118 Å². The van der Waals surface area contributed by atoms with Gasteiger partial charge in [-0.05, 0) is 39.0 Å². The second-order valence-corrected chi connectivity index (χ2v) is 4.61. The van der Waals surface area contributed by atoms with E-state index in [1.165, 1.54) is 5.57 Å². The highest BCUT2D eigenvalue weighted by Crippen LogP contribution is 2.23. The number of hydrogen-bond donors (Lipinski definition) is 0. The van der Waals surface area contributed by atoms with Crippen molar-refractivity contribution in [3.63, 3.8) is 0 Å². The minimum atomic E-state index is 0.404. The molecule has 2 nitrogen and oxygen atoms in total. The summed E-state index contributed by atoms with van der Waals surface area (Å²) in [5.41, 5.74) is 2.88. The second-order valence-electron chi connectivity index (χ2n) is 4.61. The van der Waals surface area contributed by atoms with E-state index in [0.717, 1.165) is 43.4 Å². The number of aliphatic imine (C=N–C) groups is 1. The molecule has 0 fully saturated rings. The third kappa shape index (κ3) is 6.32. The van der Waals surface area contributed by atoms with Crippen molar-refractivity contribution in [2.24, 2.45) is 10.9 Å². The fourth-order valence-electron chi connectivity index (χ4n) is 2.23. The highest BCUT2D eigenvalue weighted by atomic mass is 16.1. The van der Waals surface area contributed by atoms with Crippen LogP contribution in [0.3, 0.4) is 0 Å². The van der Waals surface area contributed by atoms with Gasteiger partial charge in [0.25, 0.3) is 0 Å². The zero-order valence-electron chi connectivity index (χ0n) is 12.8. The Balaban J connectivity index is 5.01. The lowest BCUT2D eigenvalue weighted by atomic mass is 9.88. The molecule has 0 aliphatic heterocycles. The van der Waals surface area contributed by atoms with E-state index < -0.39 is 0 Å². The molecular weight excluding hydrogens is 234 g/mol. The predicted molar refractivity (Wildman–Crippen MR) is 84.8 cm³/mol. The van der Waals surface area contributed by atoms with E-state index in [2.05, 4.69) is 31.5 Å². The van der Waals surface area contributed by atoms with E-state index in [1.54, 1.807) is 6.08 Å². The van der Waals surface area contributed by atoms with Crippen LogP contribution in [0.15, 0.2) is 40.9 Å². The van der Waals surface area contributed by atoms with Crippen molar-refractivity contribution in [3.05, 3.63) is 36.0 Å². The lowest BCUT2D eigenvalue weighted by molar-refractivity contribution is -0.104. The first-order valence-electron chi connectivity index (χ1n) is 7.09. The van der Waals surface area contributed by atoms with Crippen LogP contribution in [-0.4, -0.2) is 18.5 Å². The van der Waals surface area contributed by atoms with Crippen molar-refractivity contribution in [1.82, 2.24) is 0 Å². The molecule has 0 N–H and O–H groups in total. The molecule has 106 valence electrons. The van der Waals surface area contributed by atoms with Gasteiger partial charge in [-0.2, -0.15) is 0 Å². The van der Waals surface area contributed by atoms with Crippen molar-refractivity contribution in [3.8, 4) is 0 Å². The Bertz CT molecular complexity index is 375. The van der Waals surface area contributed by atoms with Gasteiger partial charge in [-0.3, -0.25) is 9.79 Å². The largest absolute Gasteiger partial charge is 0.298 e. The fourth-order valence-corrected chi connectivity index (χ4v) is 2.23. The number of hydrogen-bond acceptors (Lipinski definition) is 2. The molecule has 0 heterocycles. The molecular formula is C17H27NO. The maximum Gasteiger partial charge on any atom is 0.151 e. The molecule has 19 heavy (non-hydrogen) atoms. The smallest absolute Gasteiger partial charge is 0.151 e. The van der Waals surface area contributed by atoms with E-state index in [1.807, 2.05) is 19.9 Å². The molecule has 0 aromatic rings. The zero-order chi connectivity index (χ0) is 14.7. The van der Waals surface area contributed by atoms with E-state index in [4.69, 9.17) is 0 Å². The monoisotopic (exact) mass is 261 g/mol. The van der Waals surface area contributed by atoms with Crippen LogP contribution < -0.4 is 0 Å². The van der Waals surface area contributed by atoms with E-state index >= 15 is 0 Å². The third-order valence-electron chi connectivity index (χ3n) is 3.26. The van der Waals surface area contributed by atoms with Crippen LogP contribution in [0.5, 0.6) is 0 Å². The minimum Gasteiger partial charge on any atom is -0.298 e.